The molecule has 0 radical (unpaired) electrons. The van der Waals surface area contributed by atoms with Crippen LogP contribution in [0.2, 0.25) is 0 Å². The maximum absolute atomic E-state index is 13.4. The molecule has 5 heteroatoms. The van der Waals surface area contributed by atoms with Gasteiger partial charge in [-0.2, -0.15) is 0 Å². The third kappa shape index (κ3) is 2.71. The van der Waals surface area contributed by atoms with Crippen LogP contribution in [0.1, 0.15) is 13.8 Å². The average Bonchev–Trinajstić information content (AvgIpc) is 2.34. The Hall–Kier alpha value is -1.62. The number of anilines is 1. The molecule has 4 nitrogen and oxygen atoms in total. The minimum Gasteiger partial charge on any atom is -0.352 e. The standard InChI is InChI=1S/C14H20FN3O/c1-14(2)9-17-13(19)12(8-16-3)18(14)11-6-4-5-10(15)7-11/h4-7,12,16H,8-9H2,1-3H3,(H,17,19). The van der Waals surface area contributed by atoms with Crippen LogP contribution >= 0.6 is 0 Å². The van der Waals surface area contributed by atoms with Gasteiger partial charge in [-0.15, -0.1) is 0 Å². The summed E-state index contributed by atoms with van der Waals surface area (Å²) < 4.78 is 13.4. The molecule has 1 saturated heterocycles. The SMILES string of the molecule is CNCC1C(=O)NCC(C)(C)N1c1cccc(F)c1. The van der Waals surface area contributed by atoms with Gasteiger partial charge in [0, 0.05) is 18.8 Å². The van der Waals surface area contributed by atoms with E-state index in [0.29, 0.717) is 13.1 Å². The number of benzene rings is 1. The predicted molar refractivity (Wildman–Crippen MR) is 73.7 cm³/mol. The summed E-state index contributed by atoms with van der Waals surface area (Å²) in [5.74, 6) is -0.319. The molecule has 1 aromatic carbocycles. The number of rotatable bonds is 3. The largest absolute Gasteiger partial charge is 0.352 e. The van der Waals surface area contributed by atoms with Gasteiger partial charge in [0.2, 0.25) is 5.91 Å². The normalized spacial score (nSPS) is 22.2. The first-order valence-corrected chi connectivity index (χ1v) is 6.43. The van der Waals surface area contributed by atoms with Crippen LogP contribution in [0.25, 0.3) is 0 Å². The summed E-state index contributed by atoms with van der Waals surface area (Å²) in [5, 5.41) is 5.93. The topological polar surface area (TPSA) is 44.4 Å². The lowest BCUT2D eigenvalue weighted by molar-refractivity contribution is -0.124. The van der Waals surface area contributed by atoms with Crippen molar-refractivity contribution in [3.05, 3.63) is 30.1 Å². The summed E-state index contributed by atoms with van der Waals surface area (Å²) in [6.45, 7) is 5.15. The Kier molecular flexibility index (Phi) is 3.75. The molecule has 104 valence electrons. The molecule has 1 aliphatic heterocycles. The van der Waals surface area contributed by atoms with Crippen molar-refractivity contribution in [1.29, 1.82) is 0 Å². The number of piperazine rings is 1. The first-order chi connectivity index (χ1) is 8.95. The number of likely N-dealkylation sites (N-methyl/N-ethyl adjacent to an activating group) is 1. The van der Waals surface area contributed by atoms with Crippen molar-refractivity contribution in [2.45, 2.75) is 25.4 Å². The summed E-state index contributed by atoms with van der Waals surface area (Å²) in [6, 6.07) is 6.06. The highest BCUT2D eigenvalue weighted by Crippen LogP contribution is 2.29. The number of hydrogen-bond donors (Lipinski definition) is 2. The quantitative estimate of drug-likeness (QED) is 0.861. The van der Waals surface area contributed by atoms with Crippen molar-refractivity contribution in [3.63, 3.8) is 0 Å². The molecule has 1 aromatic rings. The smallest absolute Gasteiger partial charge is 0.244 e. The van der Waals surface area contributed by atoms with Gasteiger partial charge in [0.15, 0.2) is 0 Å². The number of amides is 1. The molecule has 1 amide bonds. The van der Waals surface area contributed by atoms with Crippen molar-refractivity contribution in [2.24, 2.45) is 0 Å². The monoisotopic (exact) mass is 265 g/mol. The molecule has 0 saturated carbocycles. The molecule has 1 fully saturated rings. The second-order valence-corrected chi connectivity index (χ2v) is 5.45. The Balaban J connectivity index is 2.42. The van der Waals surface area contributed by atoms with Gasteiger partial charge in [-0.3, -0.25) is 4.79 Å². The minimum atomic E-state index is -0.337. The Morgan fingerprint density at radius 1 is 1.53 bits per heavy atom. The molecule has 0 bridgehead atoms. The highest BCUT2D eigenvalue weighted by Gasteiger charge is 2.40. The highest BCUT2D eigenvalue weighted by atomic mass is 19.1. The number of hydrogen-bond acceptors (Lipinski definition) is 3. The van der Waals surface area contributed by atoms with Crippen LogP contribution in [0.4, 0.5) is 10.1 Å². The van der Waals surface area contributed by atoms with Gasteiger partial charge >= 0.3 is 0 Å². The first kappa shape index (κ1) is 13.8. The lowest BCUT2D eigenvalue weighted by Crippen LogP contribution is -2.68. The number of nitrogens with zero attached hydrogens (tertiary/aromatic N) is 1. The zero-order valence-corrected chi connectivity index (χ0v) is 11.5. The van der Waals surface area contributed by atoms with Gasteiger partial charge in [0.25, 0.3) is 0 Å². The van der Waals surface area contributed by atoms with Crippen LogP contribution in [0.15, 0.2) is 24.3 Å². The second kappa shape index (κ2) is 5.17. The molecule has 1 unspecified atom stereocenters. The molecule has 1 aliphatic rings. The fourth-order valence-corrected chi connectivity index (χ4v) is 2.58. The fraction of sp³-hybridized carbons (Fsp3) is 0.500. The summed E-state index contributed by atoms with van der Waals surface area (Å²) in [4.78, 5) is 14.0. The number of nitrogens with one attached hydrogen (secondary N) is 2. The maximum atomic E-state index is 13.4. The van der Waals surface area contributed by atoms with Crippen LogP contribution in [-0.4, -0.2) is 37.6 Å². The van der Waals surface area contributed by atoms with Crippen LogP contribution in [0.5, 0.6) is 0 Å². The fourth-order valence-electron chi connectivity index (χ4n) is 2.58. The van der Waals surface area contributed by atoms with E-state index in [-0.39, 0.29) is 23.3 Å². The Labute approximate surface area is 113 Å². The molecule has 2 rings (SSSR count). The van der Waals surface area contributed by atoms with Crippen LogP contribution in [0.3, 0.4) is 0 Å². The zero-order valence-electron chi connectivity index (χ0n) is 11.5. The van der Waals surface area contributed by atoms with E-state index in [9.17, 15) is 9.18 Å². The van der Waals surface area contributed by atoms with Crippen molar-refractivity contribution < 1.29 is 9.18 Å². The average molecular weight is 265 g/mol. The Morgan fingerprint density at radius 3 is 2.89 bits per heavy atom. The summed E-state index contributed by atoms with van der Waals surface area (Å²) in [7, 11) is 1.80. The third-order valence-electron chi connectivity index (χ3n) is 3.45. The van der Waals surface area contributed by atoms with E-state index in [1.807, 2.05) is 24.8 Å². The molecule has 0 aromatic heterocycles. The van der Waals surface area contributed by atoms with Gasteiger partial charge in [-0.05, 0) is 39.1 Å². The first-order valence-electron chi connectivity index (χ1n) is 6.43. The van der Waals surface area contributed by atoms with E-state index < -0.39 is 0 Å². The molecule has 0 spiro atoms. The number of carbonyl (C=O) groups excluding carboxylic acids is 1. The van der Waals surface area contributed by atoms with Crippen molar-refractivity contribution >= 4 is 11.6 Å². The van der Waals surface area contributed by atoms with E-state index in [2.05, 4.69) is 10.6 Å². The molecule has 1 heterocycles. The van der Waals surface area contributed by atoms with Gasteiger partial charge in [0.05, 0.1) is 5.54 Å². The Bertz CT molecular complexity index is 476. The molecular weight excluding hydrogens is 245 g/mol. The van der Waals surface area contributed by atoms with Gasteiger partial charge in [-0.1, -0.05) is 6.07 Å². The van der Waals surface area contributed by atoms with Gasteiger partial charge < -0.3 is 15.5 Å². The van der Waals surface area contributed by atoms with Crippen molar-refractivity contribution in [1.82, 2.24) is 10.6 Å². The predicted octanol–water partition coefficient (Wildman–Crippen LogP) is 1.13. The van der Waals surface area contributed by atoms with E-state index in [1.54, 1.807) is 13.1 Å². The number of halogens is 1. The van der Waals surface area contributed by atoms with Crippen LogP contribution < -0.4 is 15.5 Å². The van der Waals surface area contributed by atoms with Crippen molar-refractivity contribution in [2.75, 3.05) is 25.0 Å². The van der Waals surface area contributed by atoms with Gasteiger partial charge in [0.1, 0.15) is 11.9 Å². The Morgan fingerprint density at radius 2 is 2.26 bits per heavy atom. The number of carbonyl (C=O) groups is 1. The van der Waals surface area contributed by atoms with E-state index >= 15 is 0 Å². The molecule has 0 aliphatic carbocycles. The van der Waals surface area contributed by atoms with Gasteiger partial charge in [-0.25, -0.2) is 4.39 Å². The van der Waals surface area contributed by atoms with E-state index in [4.69, 9.17) is 0 Å². The van der Waals surface area contributed by atoms with Crippen LogP contribution in [-0.2, 0) is 4.79 Å². The van der Waals surface area contributed by atoms with E-state index in [0.717, 1.165) is 5.69 Å². The molecule has 2 N–H and O–H groups in total. The summed E-state index contributed by atoms with van der Waals surface area (Å²) >= 11 is 0. The lowest BCUT2D eigenvalue weighted by Gasteiger charge is -2.48. The van der Waals surface area contributed by atoms with Crippen LogP contribution in [0, 0.1) is 5.82 Å². The second-order valence-electron chi connectivity index (χ2n) is 5.45. The lowest BCUT2D eigenvalue weighted by atomic mass is 9.94. The summed E-state index contributed by atoms with van der Waals surface area (Å²) in [5.41, 5.74) is 0.476. The minimum absolute atomic E-state index is 0.0297. The van der Waals surface area contributed by atoms with Crippen molar-refractivity contribution in [3.8, 4) is 0 Å². The molecule has 19 heavy (non-hydrogen) atoms. The summed E-state index contributed by atoms with van der Waals surface area (Å²) in [6.07, 6.45) is 0. The molecule has 1 atom stereocenters. The maximum Gasteiger partial charge on any atom is 0.244 e. The zero-order chi connectivity index (χ0) is 14.0. The van der Waals surface area contributed by atoms with E-state index in [1.165, 1.54) is 12.1 Å². The highest BCUT2D eigenvalue weighted by molar-refractivity contribution is 5.87. The molecular formula is C14H20FN3O. The third-order valence-corrected chi connectivity index (χ3v) is 3.45.